The van der Waals surface area contributed by atoms with Crippen molar-refractivity contribution >= 4 is 22.7 Å². The number of para-hydroxylation sites is 2. The van der Waals surface area contributed by atoms with Crippen molar-refractivity contribution in [1.29, 1.82) is 0 Å². The minimum atomic E-state index is -0.228. The highest BCUT2D eigenvalue weighted by atomic mass is 16.5. The molecule has 0 spiro atoms. The molecule has 28 heavy (non-hydrogen) atoms. The van der Waals surface area contributed by atoms with Gasteiger partial charge in [0, 0.05) is 11.3 Å². The number of nitrogens with one attached hydrogen (secondary N) is 1. The van der Waals surface area contributed by atoms with Crippen LogP contribution < -0.4 is 10.1 Å². The maximum atomic E-state index is 12.2. The lowest BCUT2D eigenvalue weighted by atomic mass is 10.2. The Bertz CT molecular complexity index is 1070. The molecular weight excluding hydrogens is 352 g/mol. The van der Waals surface area contributed by atoms with Crippen molar-refractivity contribution in [2.45, 2.75) is 13.3 Å². The van der Waals surface area contributed by atoms with Crippen LogP contribution in [0.25, 0.3) is 22.6 Å². The van der Waals surface area contributed by atoms with Gasteiger partial charge in [0.25, 0.3) is 5.91 Å². The summed E-state index contributed by atoms with van der Waals surface area (Å²) in [4.78, 5) is 16.7. The summed E-state index contributed by atoms with van der Waals surface area (Å²) in [6.07, 6.45) is 0.969. The van der Waals surface area contributed by atoms with E-state index in [1.54, 1.807) is 0 Å². The summed E-state index contributed by atoms with van der Waals surface area (Å²) < 4.78 is 11.3. The topological polar surface area (TPSA) is 64.4 Å². The Balaban J connectivity index is 1.41. The maximum Gasteiger partial charge on any atom is 0.262 e. The Kier molecular flexibility index (Phi) is 5.06. The van der Waals surface area contributed by atoms with Crippen LogP contribution in [-0.4, -0.2) is 17.5 Å². The van der Waals surface area contributed by atoms with Gasteiger partial charge in [-0.05, 0) is 54.4 Å². The smallest absolute Gasteiger partial charge is 0.262 e. The average molecular weight is 372 g/mol. The number of amides is 1. The molecule has 3 aromatic carbocycles. The number of anilines is 1. The molecule has 5 nitrogen and oxygen atoms in total. The lowest BCUT2D eigenvalue weighted by Crippen LogP contribution is -2.20. The summed E-state index contributed by atoms with van der Waals surface area (Å²) in [6, 6.07) is 22.7. The maximum absolute atomic E-state index is 12.2. The first-order chi connectivity index (χ1) is 13.7. The fourth-order valence-electron chi connectivity index (χ4n) is 2.89. The number of fused-ring (bicyclic) bond motifs is 1. The van der Waals surface area contributed by atoms with Gasteiger partial charge < -0.3 is 14.5 Å². The van der Waals surface area contributed by atoms with Crippen molar-refractivity contribution < 1.29 is 13.9 Å². The molecule has 0 saturated carbocycles. The second-order valence-electron chi connectivity index (χ2n) is 6.40. The molecule has 1 heterocycles. The molecule has 1 amide bonds. The summed E-state index contributed by atoms with van der Waals surface area (Å²) in [6.45, 7) is 2.04. The highest BCUT2D eigenvalue weighted by Crippen LogP contribution is 2.26. The van der Waals surface area contributed by atoms with Crippen LogP contribution in [0.5, 0.6) is 5.75 Å². The zero-order valence-electron chi connectivity index (χ0n) is 15.5. The van der Waals surface area contributed by atoms with E-state index in [2.05, 4.69) is 17.2 Å². The van der Waals surface area contributed by atoms with E-state index in [9.17, 15) is 4.79 Å². The van der Waals surface area contributed by atoms with E-state index >= 15 is 0 Å². The number of hydrogen-bond donors (Lipinski definition) is 1. The number of nitrogens with zero attached hydrogens (tertiary/aromatic N) is 1. The van der Waals surface area contributed by atoms with Crippen LogP contribution in [0.1, 0.15) is 12.5 Å². The van der Waals surface area contributed by atoms with Crippen molar-refractivity contribution in [3.05, 3.63) is 78.4 Å². The molecule has 0 bridgehead atoms. The standard InChI is InChI=1S/C23H20N2O3/c1-2-16-10-12-19(13-11-16)27-15-22(26)24-18-7-5-6-17(14-18)23-25-20-8-3-4-9-21(20)28-23/h3-14H,2,15H2,1H3,(H,24,26). The highest BCUT2D eigenvalue weighted by Gasteiger charge is 2.10. The fraction of sp³-hybridized carbons (Fsp3) is 0.130. The van der Waals surface area contributed by atoms with Crippen molar-refractivity contribution in [3.63, 3.8) is 0 Å². The van der Waals surface area contributed by atoms with Crippen LogP contribution in [0.2, 0.25) is 0 Å². The highest BCUT2D eigenvalue weighted by molar-refractivity contribution is 5.92. The van der Waals surface area contributed by atoms with Crippen molar-refractivity contribution in [3.8, 4) is 17.2 Å². The molecule has 0 aliphatic heterocycles. The van der Waals surface area contributed by atoms with E-state index in [0.717, 1.165) is 23.1 Å². The van der Waals surface area contributed by atoms with Gasteiger partial charge in [-0.3, -0.25) is 4.79 Å². The molecule has 140 valence electrons. The van der Waals surface area contributed by atoms with Crippen LogP contribution in [0.15, 0.2) is 77.2 Å². The number of carbonyl (C=O) groups excluding carboxylic acids is 1. The van der Waals surface area contributed by atoms with Gasteiger partial charge in [-0.25, -0.2) is 4.98 Å². The molecular formula is C23H20N2O3. The molecule has 0 aliphatic carbocycles. The van der Waals surface area contributed by atoms with Gasteiger partial charge in [0.05, 0.1) is 0 Å². The summed E-state index contributed by atoms with van der Waals surface area (Å²) in [5.41, 5.74) is 4.22. The summed E-state index contributed by atoms with van der Waals surface area (Å²) >= 11 is 0. The Hall–Kier alpha value is -3.60. The average Bonchev–Trinajstić information content (AvgIpc) is 3.17. The quantitative estimate of drug-likeness (QED) is 0.513. The lowest BCUT2D eigenvalue weighted by molar-refractivity contribution is -0.118. The van der Waals surface area contributed by atoms with Crippen LogP contribution >= 0.6 is 0 Å². The first-order valence-corrected chi connectivity index (χ1v) is 9.19. The van der Waals surface area contributed by atoms with E-state index in [0.29, 0.717) is 17.3 Å². The summed E-state index contributed by atoms with van der Waals surface area (Å²) in [5.74, 6) is 0.964. The third-order valence-electron chi connectivity index (χ3n) is 4.39. The number of ether oxygens (including phenoxy) is 1. The minimum Gasteiger partial charge on any atom is -0.484 e. The molecule has 0 fully saturated rings. The summed E-state index contributed by atoms with van der Waals surface area (Å²) in [5, 5.41) is 2.85. The lowest BCUT2D eigenvalue weighted by Gasteiger charge is -2.08. The second kappa shape index (κ2) is 7.96. The Morgan fingerprint density at radius 2 is 1.86 bits per heavy atom. The largest absolute Gasteiger partial charge is 0.484 e. The van der Waals surface area contributed by atoms with E-state index in [1.807, 2.05) is 72.8 Å². The second-order valence-corrected chi connectivity index (χ2v) is 6.40. The van der Waals surface area contributed by atoms with E-state index < -0.39 is 0 Å². The molecule has 5 heteroatoms. The Labute approximate surface area is 163 Å². The van der Waals surface area contributed by atoms with Gasteiger partial charge in [0.2, 0.25) is 5.89 Å². The van der Waals surface area contributed by atoms with Crippen LogP contribution in [0, 0.1) is 0 Å². The zero-order chi connectivity index (χ0) is 19.3. The molecule has 0 radical (unpaired) electrons. The van der Waals surface area contributed by atoms with E-state index in [1.165, 1.54) is 5.56 Å². The number of carbonyl (C=O) groups is 1. The van der Waals surface area contributed by atoms with E-state index in [-0.39, 0.29) is 12.5 Å². The number of aromatic nitrogens is 1. The first kappa shape index (κ1) is 17.8. The van der Waals surface area contributed by atoms with Gasteiger partial charge >= 0.3 is 0 Å². The van der Waals surface area contributed by atoms with Crippen LogP contribution in [-0.2, 0) is 11.2 Å². The number of oxazole rings is 1. The molecule has 0 aliphatic rings. The third kappa shape index (κ3) is 4.04. The predicted molar refractivity (Wildman–Crippen MR) is 109 cm³/mol. The van der Waals surface area contributed by atoms with Gasteiger partial charge in [-0.1, -0.05) is 37.3 Å². The van der Waals surface area contributed by atoms with Crippen LogP contribution in [0.4, 0.5) is 5.69 Å². The molecule has 0 atom stereocenters. The van der Waals surface area contributed by atoms with Crippen molar-refractivity contribution in [1.82, 2.24) is 4.98 Å². The predicted octanol–water partition coefficient (Wildman–Crippen LogP) is 5.07. The molecule has 0 unspecified atom stereocenters. The molecule has 4 aromatic rings. The Morgan fingerprint density at radius 1 is 1.04 bits per heavy atom. The van der Waals surface area contributed by atoms with Gasteiger partial charge in [-0.2, -0.15) is 0 Å². The number of rotatable bonds is 6. The van der Waals surface area contributed by atoms with Crippen LogP contribution in [0.3, 0.4) is 0 Å². The Morgan fingerprint density at radius 3 is 2.64 bits per heavy atom. The molecule has 4 rings (SSSR count). The minimum absolute atomic E-state index is 0.0570. The van der Waals surface area contributed by atoms with Gasteiger partial charge in [0.1, 0.15) is 11.3 Å². The molecule has 1 aromatic heterocycles. The number of hydrogen-bond acceptors (Lipinski definition) is 4. The zero-order valence-corrected chi connectivity index (χ0v) is 15.5. The summed E-state index contributed by atoms with van der Waals surface area (Å²) in [7, 11) is 0. The third-order valence-corrected chi connectivity index (χ3v) is 4.39. The molecule has 0 saturated heterocycles. The van der Waals surface area contributed by atoms with E-state index in [4.69, 9.17) is 9.15 Å². The first-order valence-electron chi connectivity index (χ1n) is 9.19. The van der Waals surface area contributed by atoms with Crippen molar-refractivity contribution in [2.24, 2.45) is 0 Å². The SMILES string of the molecule is CCc1ccc(OCC(=O)Nc2cccc(-c3nc4ccccc4o3)c2)cc1. The monoisotopic (exact) mass is 372 g/mol. The van der Waals surface area contributed by atoms with Gasteiger partial charge in [-0.15, -0.1) is 0 Å². The van der Waals surface area contributed by atoms with Gasteiger partial charge in [0.15, 0.2) is 12.2 Å². The fourth-order valence-corrected chi connectivity index (χ4v) is 2.89. The molecule has 1 N–H and O–H groups in total. The normalized spacial score (nSPS) is 10.8. The number of benzene rings is 3. The van der Waals surface area contributed by atoms with Crippen molar-refractivity contribution in [2.75, 3.05) is 11.9 Å². The number of aryl methyl sites for hydroxylation is 1.